The van der Waals surface area contributed by atoms with Crippen LogP contribution in [0.4, 0.5) is 4.39 Å². The molecule has 0 spiro atoms. The van der Waals surface area contributed by atoms with E-state index in [1.165, 1.54) is 6.07 Å². The first-order chi connectivity index (χ1) is 8.80. The van der Waals surface area contributed by atoms with Gasteiger partial charge >= 0.3 is 0 Å². The molecular weight excluding hydrogens is 263 g/mol. The van der Waals surface area contributed by atoms with Crippen LogP contribution in [0, 0.1) is 12.7 Å². The smallest absolute Gasteiger partial charge is 0.144 e. The van der Waals surface area contributed by atoms with E-state index in [1.54, 1.807) is 13.1 Å². The second-order valence-corrected chi connectivity index (χ2v) is 7.35. The molecule has 19 heavy (non-hydrogen) atoms. The predicted molar refractivity (Wildman–Crippen MR) is 78.5 cm³/mol. The fourth-order valence-electron chi connectivity index (χ4n) is 1.28. The average molecular weight is 284 g/mol. The fraction of sp³-hybridized carbons (Fsp3) is 0.500. The Balaban J connectivity index is 2.37. The third-order valence-electron chi connectivity index (χ3n) is 2.46. The van der Waals surface area contributed by atoms with Crippen molar-refractivity contribution in [1.29, 1.82) is 0 Å². The van der Waals surface area contributed by atoms with Gasteiger partial charge in [0.2, 0.25) is 0 Å². The molecule has 3 nitrogen and oxygen atoms in total. The van der Waals surface area contributed by atoms with Crippen molar-refractivity contribution < 1.29 is 8.94 Å². The fourth-order valence-corrected chi connectivity index (χ4v) is 2.02. The predicted octanol–water partition coefficient (Wildman–Crippen LogP) is 2.98. The molecule has 0 aliphatic carbocycles. The summed E-state index contributed by atoms with van der Waals surface area (Å²) >= 11 is -1.05. The SMILES string of the molecule is Cc1ncc(C=CCCN[S+]([O-])C(C)(C)C)cc1F. The molecule has 1 aromatic rings. The lowest BCUT2D eigenvalue weighted by molar-refractivity contribution is 0.545. The summed E-state index contributed by atoms with van der Waals surface area (Å²) < 4.78 is 27.6. The normalized spacial score (nSPS) is 14.0. The monoisotopic (exact) mass is 284 g/mol. The van der Waals surface area contributed by atoms with E-state index < -0.39 is 11.4 Å². The molecular formula is C14H21FN2OS. The number of rotatable bonds is 5. The Bertz CT molecular complexity index is 444. The zero-order valence-corrected chi connectivity index (χ0v) is 12.7. The molecule has 1 rings (SSSR count). The molecule has 0 aromatic carbocycles. The first kappa shape index (κ1) is 16.1. The van der Waals surface area contributed by atoms with E-state index in [0.29, 0.717) is 12.2 Å². The van der Waals surface area contributed by atoms with Crippen LogP contribution < -0.4 is 4.72 Å². The van der Waals surface area contributed by atoms with Gasteiger partial charge in [0.1, 0.15) is 10.6 Å². The van der Waals surface area contributed by atoms with Gasteiger partial charge in [0.25, 0.3) is 0 Å². The highest BCUT2D eigenvalue weighted by Crippen LogP contribution is 2.13. The summed E-state index contributed by atoms with van der Waals surface area (Å²) in [6.07, 6.45) is 6.10. The van der Waals surface area contributed by atoms with Crippen LogP contribution in [0.1, 0.15) is 38.4 Å². The molecule has 0 aliphatic heterocycles. The van der Waals surface area contributed by atoms with Crippen LogP contribution in [0.15, 0.2) is 18.3 Å². The minimum Gasteiger partial charge on any atom is -0.598 e. The van der Waals surface area contributed by atoms with Crippen molar-refractivity contribution >= 4 is 17.4 Å². The van der Waals surface area contributed by atoms with E-state index in [-0.39, 0.29) is 10.6 Å². The number of hydrogen-bond acceptors (Lipinski definition) is 3. The summed E-state index contributed by atoms with van der Waals surface area (Å²) in [7, 11) is 0. The van der Waals surface area contributed by atoms with Crippen LogP contribution in [-0.2, 0) is 11.4 Å². The van der Waals surface area contributed by atoms with Gasteiger partial charge in [-0.05, 0) is 45.7 Å². The maximum Gasteiger partial charge on any atom is 0.144 e. The van der Waals surface area contributed by atoms with E-state index in [1.807, 2.05) is 32.9 Å². The number of halogens is 1. The highest BCUT2D eigenvalue weighted by atomic mass is 32.2. The molecule has 0 bridgehead atoms. The maximum atomic E-state index is 13.2. The standard InChI is InChI=1S/C14H21FN2OS/c1-11-13(15)9-12(10-16-11)7-5-6-8-17-19(18)14(2,3)4/h5,7,9-10,17H,6,8H2,1-4H3. The first-order valence-electron chi connectivity index (χ1n) is 6.25. The van der Waals surface area contributed by atoms with E-state index >= 15 is 0 Å². The summed E-state index contributed by atoms with van der Waals surface area (Å²) in [5, 5.41) is 0. The van der Waals surface area contributed by atoms with Gasteiger partial charge in [0.05, 0.1) is 5.69 Å². The van der Waals surface area contributed by atoms with Crippen LogP contribution in [0.25, 0.3) is 6.08 Å². The molecule has 1 heterocycles. The average Bonchev–Trinajstić information content (AvgIpc) is 2.31. The van der Waals surface area contributed by atoms with Gasteiger partial charge in [-0.25, -0.2) is 4.39 Å². The summed E-state index contributed by atoms with van der Waals surface area (Å²) in [4.78, 5) is 3.95. The lowest BCUT2D eigenvalue weighted by atomic mass is 10.2. The summed E-state index contributed by atoms with van der Waals surface area (Å²) in [5.74, 6) is -0.297. The molecule has 0 saturated heterocycles. The molecule has 106 valence electrons. The number of aryl methyl sites for hydroxylation is 1. The van der Waals surface area contributed by atoms with E-state index in [0.717, 1.165) is 12.0 Å². The number of aromatic nitrogens is 1. The van der Waals surface area contributed by atoms with Crippen molar-refractivity contribution in [3.05, 3.63) is 35.4 Å². The van der Waals surface area contributed by atoms with Gasteiger partial charge in [-0.15, -0.1) is 4.72 Å². The Morgan fingerprint density at radius 3 is 2.74 bits per heavy atom. The van der Waals surface area contributed by atoms with Crippen LogP contribution in [0.3, 0.4) is 0 Å². The van der Waals surface area contributed by atoms with Gasteiger partial charge in [0.15, 0.2) is 0 Å². The Labute approximate surface area is 117 Å². The minimum atomic E-state index is -1.05. The molecule has 0 amide bonds. The minimum absolute atomic E-state index is 0.256. The van der Waals surface area contributed by atoms with Crippen molar-refractivity contribution in [3.8, 4) is 0 Å². The molecule has 1 unspecified atom stereocenters. The number of pyridine rings is 1. The van der Waals surface area contributed by atoms with Crippen LogP contribution in [0.2, 0.25) is 0 Å². The Morgan fingerprint density at radius 1 is 1.47 bits per heavy atom. The van der Waals surface area contributed by atoms with Crippen molar-refractivity contribution in [1.82, 2.24) is 9.71 Å². The number of nitrogens with zero attached hydrogens (tertiary/aromatic N) is 1. The van der Waals surface area contributed by atoms with Gasteiger partial charge in [-0.2, -0.15) is 0 Å². The zero-order valence-electron chi connectivity index (χ0n) is 11.9. The van der Waals surface area contributed by atoms with Gasteiger partial charge in [-0.1, -0.05) is 12.2 Å². The van der Waals surface area contributed by atoms with Crippen LogP contribution in [0.5, 0.6) is 0 Å². The van der Waals surface area contributed by atoms with Crippen molar-refractivity contribution in [2.24, 2.45) is 0 Å². The second-order valence-electron chi connectivity index (χ2n) is 5.30. The third-order valence-corrected chi connectivity index (χ3v) is 4.04. The van der Waals surface area contributed by atoms with E-state index in [9.17, 15) is 8.94 Å². The summed E-state index contributed by atoms with van der Waals surface area (Å²) in [5.41, 5.74) is 1.14. The largest absolute Gasteiger partial charge is 0.598 e. The zero-order chi connectivity index (χ0) is 14.5. The molecule has 1 aromatic heterocycles. The topological polar surface area (TPSA) is 48.0 Å². The summed E-state index contributed by atoms with van der Waals surface area (Å²) in [6.45, 7) is 8.03. The molecule has 0 radical (unpaired) electrons. The van der Waals surface area contributed by atoms with Crippen molar-refractivity contribution in [2.75, 3.05) is 6.54 Å². The Morgan fingerprint density at radius 2 is 2.16 bits per heavy atom. The van der Waals surface area contributed by atoms with Crippen LogP contribution in [-0.4, -0.2) is 20.8 Å². The van der Waals surface area contributed by atoms with Crippen molar-refractivity contribution in [3.63, 3.8) is 0 Å². The number of nitrogens with one attached hydrogen (secondary N) is 1. The number of hydrogen-bond donors (Lipinski definition) is 1. The maximum absolute atomic E-state index is 13.2. The molecule has 1 N–H and O–H groups in total. The molecule has 1 atom stereocenters. The highest BCUT2D eigenvalue weighted by Gasteiger charge is 2.25. The van der Waals surface area contributed by atoms with E-state index in [2.05, 4.69) is 9.71 Å². The Kier molecular flexibility index (Phi) is 5.97. The van der Waals surface area contributed by atoms with Crippen molar-refractivity contribution in [2.45, 2.75) is 38.9 Å². The molecule has 5 heteroatoms. The molecule has 0 saturated carbocycles. The summed E-state index contributed by atoms with van der Waals surface area (Å²) in [6, 6.07) is 1.46. The lowest BCUT2D eigenvalue weighted by Crippen LogP contribution is -2.39. The van der Waals surface area contributed by atoms with Crippen LogP contribution >= 0.6 is 0 Å². The van der Waals surface area contributed by atoms with Gasteiger partial charge in [-0.3, -0.25) is 4.98 Å². The van der Waals surface area contributed by atoms with E-state index in [4.69, 9.17) is 0 Å². The lowest BCUT2D eigenvalue weighted by Gasteiger charge is -2.23. The van der Waals surface area contributed by atoms with Gasteiger partial charge in [0, 0.05) is 24.1 Å². The van der Waals surface area contributed by atoms with Gasteiger partial charge < -0.3 is 4.55 Å². The Hall–Kier alpha value is -0.910. The second kappa shape index (κ2) is 7.03. The molecule has 0 fully saturated rings. The third kappa shape index (κ3) is 5.72. The molecule has 0 aliphatic rings. The highest BCUT2D eigenvalue weighted by molar-refractivity contribution is 7.90. The first-order valence-corrected chi connectivity index (χ1v) is 7.40. The quantitative estimate of drug-likeness (QED) is 0.668.